The number of alkyl carbamates (subject to hydrolysis) is 1. The summed E-state index contributed by atoms with van der Waals surface area (Å²) in [4.78, 5) is 24.3. The van der Waals surface area contributed by atoms with Gasteiger partial charge in [-0.2, -0.15) is 5.10 Å². The molecule has 0 atom stereocenters. The number of rotatable bonds is 5. The van der Waals surface area contributed by atoms with Crippen molar-refractivity contribution < 1.29 is 13.9 Å². The van der Waals surface area contributed by atoms with Gasteiger partial charge in [0.15, 0.2) is 11.5 Å². The first-order valence-corrected chi connectivity index (χ1v) is 9.29. The topological polar surface area (TPSA) is 147 Å². The number of halogens is 1. The van der Waals surface area contributed by atoms with Crippen LogP contribution in [0.2, 0.25) is 0 Å². The number of benzene rings is 1. The van der Waals surface area contributed by atoms with Gasteiger partial charge >= 0.3 is 6.09 Å². The fourth-order valence-corrected chi connectivity index (χ4v) is 3.06. The Labute approximate surface area is 176 Å². The van der Waals surface area contributed by atoms with Crippen molar-refractivity contribution in [2.75, 3.05) is 18.5 Å². The standard InChI is InChI=1S/C20H19FN8O2/c1-24-20(30)31-10-13-16(22)26-18(27-17(13)23)15-12-6-4-8-25-19(12)29(28-15)9-11-5-2-3-7-14(11)21/h2-8H,9-10H2,1H3,(H,24,30)(H4,22,23,26,27). The van der Waals surface area contributed by atoms with Crippen molar-refractivity contribution in [1.29, 1.82) is 0 Å². The number of pyridine rings is 1. The molecule has 158 valence electrons. The van der Waals surface area contributed by atoms with Gasteiger partial charge in [-0.05, 0) is 18.2 Å². The molecule has 0 bridgehead atoms. The molecular formula is C20H19FN8O2. The number of nitrogen functional groups attached to an aromatic ring is 2. The Morgan fingerprint density at radius 3 is 2.61 bits per heavy atom. The number of nitrogens with zero attached hydrogens (tertiary/aromatic N) is 5. The van der Waals surface area contributed by atoms with Crippen molar-refractivity contribution in [2.24, 2.45) is 0 Å². The number of ether oxygens (including phenoxy) is 1. The number of nitrogens with one attached hydrogen (secondary N) is 1. The summed E-state index contributed by atoms with van der Waals surface area (Å²) in [7, 11) is 1.44. The molecule has 0 saturated heterocycles. The largest absolute Gasteiger partial charge is 0.444 e. The summed E-state index contributed by atoms with van der Waals surface area (Å²) in [6, 6.07) is 10.00. The molecule has 0 fully saturated rings. The zero-order valence-electron chi connectivity index (χ0n) is 16.5. The smallest absolute Gasteiger partial charge is 0.407 e. The van der Waals surface area contributed by atoms with Gasteiger partial charge in [0.25, 0.3) is 0 Å². The van der Waals surface area contributed by atoms with Gasteiger partial charge in [0.1, 0.15) is 29.8 Å². The molecule has 0 saturated carbocycles. The zero-order valence-corrected chi connectivity index (χ0v) is 16.5. The molecular weight excluding hydrogens is 403 g/mol. The van der Waals surface area contributed by atoms with E-state index in [2.05, 4.69) is 25.4 Å². The second-order valence-corrected chi connectivity index (χ2v) is 6.59. The Hall–Kier alpha value is -4.28. The van der Waals surface area contributed by atoms with E-state index in [1.54, 1.807) is 41.2 Å². The van der Waals surface area contributed by atoms with Crippen molar-refractivity contribution in [2.45, 2.75) is 13.2 Å². The van der Waals surface area contributed by atoms with Gasteiger partial charge in [-0.3, -0.25) is 0 Å². The molecule has 4 aromatic rings. The number of amides is 1. The molecule has 0 unspecified atom stereocenters. The normalized spacial score (nSPS) is 10.9. The Balaban J connectivity index is 1.75. The lowest BCUT2D eigenvalue weighted by molar-refractivity contribution is 0.142. The van der Waals surface area contributed by atoms with E-state index in [9.17, 15) is 9.18 Å². The molecule has 1 amide bonds. The number of nitrogens with two attached hydrogens (primary N) is 2. The van der Waals surface area contributed by atoms with Gasteiger partial charge in [0.05, 0.1) is 17.5 Å². The molecule has 0 spiro atoms. The number of anilines is 2. The fourth-order valence-electron chi connectivity index (χ4n) is 3.06. The maximum absolute atomic E-state index is 14.2. The SMILES string of the molecule is CNC(=O)OCc1c(N)nc(-c2nn(Cc3ccccc3F)c3ncccc23)nc1N. The van der Waals surface area contributed by atoms with Gasteiger partial charge in [0, 0.05) is 18.8 Å². The lowest BCUT2D eigenvalue weighted by Gasteiger charge is -2.10. The third kappa shape index (κ3) is 3.92. The minimum Gasteiger partial charge on any atom is -0.444 e. The summed E-state index contributed by atoms with van der Waals surface area (Å²) >= 11 is 0. The molecule has 0 aliphatic heterocycles. The first-order valence-electron chi connectivity index (χ1n) is 9.29. The number of fused-ring (bicyclic) bond motifs is 1. The molecule has 3 aromatic heterocycles. The van der Waals surface area contributed by atoms with Gasteiger partial charge < -0.3 is 21.5 Å². The molecule has 4 rings (SSSR count). The summed E-state index contributed by atoms with van der Waals surface area (Å²) in [6.07, 6.45) is 0.987. The van der Waals surface area contributed by atoms with Crippen LogP contribution >= 0.6 is 0 Å². The molecule has 31 heavy (non-hydrogen) atoms. The zero-order chi connectivity index (χ0) is 22.0. The van der Waals surface area contributed by atoms with E-state index in [0.717, 1.165) is 0 Å². The second kappa shape index (κ2) is 8.22. The van der Waals surface area contributed by atoms with Crippen LogP contribution in [0.4, 0.5) is 20.8 Å². The van der Waals surface area contributed by atoms with Gasteiger partial charge in [0.2, 0.25) is 0 Å². The monoisotopic (exact) mass is 422 g/mol. The Bertz CT molecular complexity index is 1250. The minimum absolute atomic E-state index is 0.0621. The Morgan fingerprint density at radius 2 is 1.90 bits per heavy atom. The highest BCUT2D eigenvalue weighted by Gasteiger charge is 2.20. The maximum Gasteiger partial charge on any atom is 0.407 e. The minimum atomic E-state index is -0.633. The predicted molar refractivity (Wildman–Crippen MR) is 112 cm³/mol. The molecule has 5 N–H and O–H groups in total. The quantitative estimate of drug-likeness (QED) is 0.443. The molecule has 0 aliphatic carbocycles. The van der Waals surface area contributed by atoms with Crippen LogP contribution in [-0.4, -0.2) is 37.9 Å². The molecule has 10 nitrogen and oxygen atoms in total. The van der Waals surface area contributed by atoms with E-state index in [0.29, 0.717) is 27.9 Å². The van der Waals surface area contributed by atoms with Crippen LogP contribution < -0.4 is 16.8 Å². The van der Waals surface area contributed by atoms with E-state index >= 15 is 0 Å². The first kappa shape index (κ1) is 20.0. The van der Waals surface area contributed by atoms with Gasteiger partial charge in [-0.1, -0.05) is 18.2 Å². The highest BCUT2D eigenvalue weighted by Crippen LogP contribution is 2.28. The molecule has 0 radical (unpaired) electrons. The van der Waals surface area contributed by atoms with Crippen molar-refractivity contribution in [3.63, 3.8) is 0 Å². The van der Waals surface area contributed by atoms with Crippen LogP contribution in [0.1, 0.15) is 11.1 Å². The van der Waals surface area contributed by atoms with E-state index in [1.165, 1.54) is 13.1 Å². The number of aromatic nitrogens is 5. The highest BCUT2D eigenvalue weighted by molar-refractivity contribution is 5.89. The van der Waals surface area contributed by atoms with Gasteiger partial charge in [-0.15, -0.1) is 0 Å². The van der Waals surface area contributed by atoms with Crippen LogP contribution in [0.3, 0.4) is 0 Å². The first-order chi connectivity index (χ1) is 15.0. The number of carbonyl (C=O) groups excluding carboxylic acids is 1. The van der Waals surface area contributed by atoms with Crippen molar-refractivity contribution in [1.82, 2.24) is 30.0 Å². The Morgan fingerprint density at radius 1 is 1.16 bits per heavy atom. The fraction of sp³-hybridized carbons (Fsp3) is 0.150. The number of hydrogen-bond donors (Lipinski definition) is 3. The van der Waals surface area contributed by atoms with Crippen LogP contribution in [-0.2, 0) is 17.9 Å². The number of hydrogen-bond acceptors (Lipinski definition) is 8. The third-order valence-electron chi connectivity index (χ3n) is 4.62. The van der Waals surface area contributed by atoms with E-state index in [4.69, 9.17) is 16.2 Å². The van der Waals surface area contributed by atoms with Crippen LogP contribution in [0.25, 0.3) is 22.6 Å². The van der Waals surface area contributed by atoms with Crippen LogP contribution in [0, 0.1) is 5.82 Å². The summed E-state index contributed by atoms with van der Waals surface area (Å²) in [6.45, 7) is -0.00908. The third-order valence-corrected chi connectivity index (χ3v) is 4.62. The summed E-state index contributed by atoms with van der Waals surface area (Å²) < 4.78 is 20.7. The van der Waals surface area contributed by atoms with Crippen molar-refractivity contribution >= 4 is 28.8 Å². The van der Waals surface area contributed by atoms with E-state index in [-0.39, 0.29) is 36.4 Å². The predicted octanol–water partition coefficient (Wildman–Crippen LogP) is 2.10. The summed E-state index contributed by atoms with van der Waals surface area (Å²) in [5.74, 6) is -0.0305. The molecule has 3 heterocycles. The molecule has 1 aromatic carbocycles. The summed E-state index contributed by atoms with van der Waals surface area (Å²) in [5.41, 5.74) is 13.8. The van der Waals surface area contributed by atoms with E-state index < -0.39 is 6.09 Å². The lowest BCUT2D eigenvalue weighted by Crippen LogP contribution is -2.20. The molecule has 0 aliphatic rings. The van der Waals surface area contributed by atoms with Crippen molar-refractivity contribution in [3.05, 3.63) is 59.5 Å². The van der Waals surface area contributed by atoms with Crippen molar-refractivity contribution in [3.8, 4) is 11.5 Å². The van der Waals surface area contributed by atoms with Crippen LogP contribution in [0.15, 0.2) is 42.6 Å². The van der Waals surface area contributed by atoms with Crippen LogP contribution in [0.5, 0.6) is 0 Å². The molecule has 11 heteroatoms. The average Bonchev–Trinajstić information content (AvgIpc) is 3.13. The second-order valence-electron chi connectivity index (χ2n) is 6.59. The average molecular weight is 422 g/mol. The highest BCUT2D eigenvalue weighted by atomic mass is 19.1. The van der Waals surface area contributed by atoms with Gasteiger partial charge in [-0.25, -0.2) is 28.8 Å². The lowest BCUT2D eigenvalue weighted by atomic mass is 10.2. The summed E-state index contributed by atoms with van der Waals surface area (Å²) in [5, 5.41) is 7.54. The van der Waals surface area contributed by atoms with E-state index in [1.807, 2.05) is 0 Å². The number of carbonyl (C=O) groups is 1. The maximum atomic E-state index is 14.2. The Kier molecular flexibility index (Phi) is 5.31.